The maximum atomic E-state index is 14.4. The number of carbonyl (C=O) groups excluding carboxylic acids is 1. The minimum absolute atomic E-state index is 0.00664. The molecule has 2 aromatic heterocycles. The SMILES string of the molecule is CC(=O)N1CCc2c(c(N3CCCc4cc(-c5cn[nH]c5C)c(C(F)F)cc43)nn2C2CCNCC2)C1. The van der Waals surface area contributed by atoms with E-state index >= 15 is 0 Å². The van der Waals surface area contributed by atoms with Gasteiger partial charge in [-0.3, -0.25) is 14.6 Å². The van der Waals surface area contributed by atoms with Gasteiger partial charge in [0, 0.05) is 60.2 Å². The number of fused-ring (bicyclic) bond motifs is 2. The van der Waals surface area contributed by atoms with Gasteiger partial charge in [0.1, 0.15) is 0 Å². The second-order valence-corrected chi connectivity index (χ2v) is 10.4. The highest BCUT2D eigenvalue weighted by molar-refractivity contribution is 5.78. The van der Waals surface area contributed by atoms with Gasteiger partial charge in [-0.15, -0.1) is 0 Å². The molecule has 0 spiro atoms. The van der Waals surface area contributed by atoms with E-state index in [1.54, 1.807) is 19.2 Å². The molecule has 196 valence electrons. The number of aromatic nitrogens is 4. The lowest BCUT2D eigenvalue weighted by atomic mass is 9.92. The van der Waals surface area contributed by atoms with Crippen molar-refractivity contribution in [3.05, 3.63) is 46.4 Å². The van der Waals surface area contributed by atoms with E-state index in [1.165, 1.54) is 5.69 Å². The van der Waals surface area contributed by atoms with Crippen LogP contribution in [0.15, 0.2) is 18.3 Å². The summed E-state index contributed by atoms with van der Waals surface area (Å²) in [6, 6.07) is 3.88. The first kappa shape index (κ1) is 24.1. The van der Waals surface area contributed by atoms with Gasteiger partial charge >= 0.3 is 0 Å². The number of hydrogen-bond acceptors (Lipinski definition) is 5. The third-order valence-corrected chi connectivity index (χ3v) is 8.14. The summed E-state index contributed by atoms with van der Waals surface area (Å²) in [5.74, 6) is 0.860. The Bertz CT molecular complexity index is 1320. The van der Waals surface area contributed by atoms with Gasteiger partial charge in [-0.2, -0.15) is 10.2 Å². The van der Waals surface area contributed by atoms with Gasteiger partial charge in [0.05, 0.1) is 18.8 Å². The molecule has 1 aromatic carbocycles. The summed E-state index contributed by atoms with van der Waals surface area (Å²) in [5, 5.41) is 15.5. The van der Waals surface area contributed by atoms with Crippen LogP contribution in [0.25, 0.3) is 11.1 Å². The lowest BCUT2D eigenvalue weighted by molar-refractivity contribution is -0.129. The average molecular weight is 510 g/mol. The second-order valence-electron chi connectivity index (χ2n) is 10.4. The first-order chi connectivity index (χ1) is 17.9. The Kier molecular flexibility index (Phi) is 6.22. The van der Waals surface area contributed by atoms with E-state index in [1.807, 2.05) is 17.9 Å². The number of hydrogen-bond donors (Lipinski definition) is 2. The van der Waals surface area contributed by atoms with Crippen molar-refractivity contribution in [2.45, 2.75) is 65.0 Å². The minimum Gasteiger partial charge on any atom is -0.338 e. The van der Waals surface area contributed by atoms with Crippen LogP contribution in [-0.4, -0.2) is 57.0 Å². The maximum absolute atomic E-state index is 14.4. The number of carbonyl (C=O) groups is 1. The average Bonchev–Trinajstić information content (AvgIpc) is 3.51. The van der Waals surface area contributed by atoms with E-state index < -0.39 is 6.43 Å². The minimum atomic E-state index is -2.62. The number of nitrogens with one attached hydrogen (secondary N) is 2. The standard InChI is InChI=1S/C27H33F2N7O/c1-16-22(14-31-32-16)20-12-18-4-3-10-35(25(18)13-21(20)26(28)29)27-23-15-34(17(2)37)11-7-24(23)36(33-27)19-5-8-30-9-6-19/h12-14,19,26,30H,3-11,15H2,1-2H3,(H,31,32). The summed E-state index contributed by atoms with van der Waals surface area (Å²) in [7, 11) is 0. The molecule has 3 aromatic rings. The normalized spacial score (nSPS) is 18.3. The Labute approximate surface area is 215 Å². The van der Waals surface area contributed by atoms with Gasteiger partial charge in [-0.25, -0.2) is 8.78 Å². The van der Waals surface area contributed by atoms with E-state index in [0.717, 1.165) is 73.5 Å². The molecule has 3 aliphatic heterocycles. The van der Waals surface area contributed by atoms with Gasteiger partial charge in [0.2, 0.25) is 5.91 Å². The lowest BCUT2D eigenvalue weighted by Gasteiger charge is -2.33. The van der Waals surface area contributed by atoms with Crippen molar-refractivity contribution < 1.29 is 13.6 Å². The quantitative estimate of drug-likeness (QED) is 0.544. The highest BCUT2D eigenvalue weighted by atomic mass is 19.3. The van der Waals surface area contributed by atoms with Crippen molar-refractivity contribution in [3.63, 3.8) is 0 Å². The first-order valence-electron chi connectivity index (χ1n) is 13.2. The molecule has 6 rings (SSSR count). The summed E-state index contributed by atoms with van der Waals surface area (Å²) in [6.07, 6.45) is 3.48. The zero-order valence-corrected chi connectivity index (χ0v) is 21.4. The number of nitrogens with zero attached hydrogens (tertiary/aromatic N) is 5. The Balaban J connectivity index is 1.48. The molecule has 5 heterocycles. The van der Waals surface area contributed by atoms with Crippen molar-refractivity contribution in [2.24, 2.45) is 0 Å². The van der Waals surface area contributed by atoms with E-state index in [4.69, 9.17) is 5.10 Å². The Morgan fingerprint density at radius 1 is 1.14 bits per heavy atom. The fraction of sp³-hybridized carbons (Fsp3) is 0.519. The highest BCUT2D eigenvalue weighted by Gasteiger charge is 2.34. The van der Waals surface area contributed by atoms with Crippen molar-refractivity contribution in [1.29, 1.82) is 0 Å². The summed E-state index contributed by atoms with van der Waals surface area (Å²) in [4.78, 5) is 16.3. The predicted octanol–water partition coefficient (Wildman–Crippen LogP) is 4.43. The zero-order chi connectivity index (χ0) is 25.7. The molecule has 37 heavy (non-hydrogen) atoms. The lowest BCUT2D eigenvalue weighted by Crippen LogP contribution is -2.36. The number of alkyl halides is 2. The van der Waals surface area contributed by atoms with Gasteiger partial charge < -0.3 is 15.1 Å². The molecule has 10 heteroatoms. The molecule has 0 aliphatic carbocycles. The van der Waals surface area contributed by atoms with Crippen molar-refractivity contribution in [2.75, 3.05) is 31.1 Å². The molecule has 0 saturated carbocycles. The Morgan fingerprint density at radius 2 is 1.95 bits per heavy atom. The first-order valence-corrected chi connectivity index (χ1v) is 13.2. The fourth-order valence-electron chi connectivity index (χ4n) is 6.17. The van der Waals surface area contributed by atoms with E-state index in [2.05, 4.69) is 25.1 Å². The van der Waals surface area contributed by atoms with Crippen LogP contribution < -0.4 is 10.2 Å². The molecule has 0 radical (unpaired) electrons. The van der Waals surface area contributed by atoms with E-state index in [-0.39, 0.29) is 11.5 Å². The van der Waals surface area contributed by atoms with Gasteiger partial charge in [0.15, 0.2) is 5.82 Å². The van der Waals surface area contributed by atoms with Crippen LogP contribution in [0.3, 0.4) is 0 Å². The molecule has 2 N–H and O–H groups in total. The number of rotatable bonds is 4. The van der Waals surface area contributed by atoms with Crippen LogP contribution in [-0.2, 0) is 24.2 Å². The number of anilines is 2. The molecular weight excluding hydrogens is 476 g/mol. The second kappa shape index (κ2) is 9.55. The molecule has 0 atom stereocenters. The largest absolute Gasteiger partial charge is 0.338 e. The Morgan fingerprint density at radius 3 is 2.65 bits per heavy atom. The van der Waals surface area contributed by atoms with Crippen LogP contribution in [0.4, 0.5) is 20.3 Å². The van der Waals surface area contributed by atoms with Crippen molar-refractivity contribution >= 4 is 17.4 Å². The number of aromatic amines is 1. The Hall–Kier alpha value is -3.27. The van der Waals surface area contributed by atoms with Crippen LogP contribution in [0, 0.1) is 6.92 Å². The molecular formula is C27H33F2N7O. The molecule has 0 bridgehead atoms. The molecule has 1 amide bonds. The molecule has 1 saturated heterocycles. The zero-order valence-electron chi connectivity index (χ0n) is 21.4. The van der Waals surface area contributed by atoms with E-state index in [0.29, 0.717) is 36.8 Å². The smallest absolute Gasteiger partial charge is 0.264 e. The summed E-state index contributed by atoms with van der Waals surface area (Å²) >= 11 is 0. The topological polar surface area (TPSA) is 82.1 Å². The van der Waals surface area contributed by atoms with Gasteiger partial charge in [-0.05, 0) is 69.0 Å². The van der Waals surface area contributed by atoms with E-state index in [9.17, 15) is 13.6 Å². The van der Waals surface area contributed by atoms with Crippen LogP contribution in [0.1, 0.15) is 66.7 Å². The van der Waals surface area contributed by atoms with Crippen LogP contribution in [0.2, 0.25) is 0 Å². The summed E-state index contributed by atoms with van der Waals surface area (Å²) in [6.45, 7) is 7.25. The number of H-pyrrole nitrogens is 1. The summed E-state index contributed by atoms with van der Waals surface area (Å²) < 4.78 is 31.0. The number of amides is 1. The predicted molar refractivity (Wildman–Crippen MR) is 137 cm³/mol. The summed E-state index contributed by atoms with van der Waals surface area (Å²) in [5.41, 5.74) is 6.10. The third kappa shape index (κ3) is 4.21. The molecule has 0 unspecified atom stereocenters. The monoisotopic (exact) mass is 509 g/mol. The number of piperidine rings is 1. The van der Waals surface area contributed by atoms with Crippen LogP contribution in [0.5, 0.6) is 0 Å². The molecule has 1 fully saturated rings. The maximum Gasteiger partial charge on any atom is 0.264 e. The van der Waals surface area contributed by atoms with Crippen molar-refractivity contribution in [1.82, 2.24) is 30.2 Å². The van der Waals surface area contributed by atoms with Gasteiger partial charge in [0.25, 0.3) is 6.43 Å². The fourth-order valence-corrected chi connectivity index (χ4v) is 6.17. The van der Waals surface area contributed by atoms with Crippen LogP contribution >= 0.6 is 0 Å². The molecule has 3 aliphatic rings. The number of halogens is 2. The number of aryl methyl sites for hydroxylation is 2. The highest BCUT2D eigenvalue weighted by Crippen LogP contribution is 2.43. The van der Waals surface area contributed by atoms with Crippen molar-refractivity contribution in [3.8, 4) is 11.1 Å². The molecule has 8 nitrogen and oxygen atoms in total. The number of benzene rings is 1. The van der Waals surface area contributed by atoms with Gasteiger partial charge in [-0.1, -0.05) is 0 Å². The third-order valence-electron chi connectivity index (χ3n) is 8.14.